The number of nitrogens with one attached hydrogen (secondary N) is 1. The Labute approximate surface area is 143 Å². The van der Waals surface area contributed by atoms with Gasteiger partial charge in [0.15, 0.2) is 5.82 Å². The first-order valence-corrected chi connectivity index (χ1v) is 7.75. The molecule has 3 rings (SSSR count). The minimum atomic E-state index is -0.563. The Morgan fingerprint density at radius 2 is 1.92 bits per heavy atom. The number of carbonyl (C=O) groups is 1. The number of hydrogen-bond acceptors (Lipinski definition) is 2. The maximum Gasteiger partial charge on any atom is 0.259 e. The highest BCUT2D eigenvalue weighted by Gasteiger charge is 2.13. The van der Waals surface area contributed by atoms with Crippen molar-refractivity contribution in [2.75, 3.05) is 5.32 Å². The lowest BCUT2D eigenvalue weighted by Gasteiger charge is -2.05. The van der Waals surface area contributed by atoms with Crippen LogP contribution in [0.15, 0.2) is 54.6 Å². The van der Waals surface area contributed by atoms with Crippen molar-refractivity contribution >= 4 is 23.3 Å². The Morgan fingerprint density at radius 1 is 1.21 bits per heavy atom. The van der Waals surface area contributed by atoms with Crippen molar-refractivity contribution in [1.82, 2.24) is 9.78 Å². The molecule has 0 fully saturated rings. The third kappa shape index (κ3) is 3.63. The van der Waals surface area contributed by atoms with E-state index in [0.717, 1.165) is 11.3 Å². The van der Waals surface area contributed by atoms with Crippen molar-refractivity contribution in [2.45, 2.75) is 13.5 Å². The number of hydrogen-bond donors (Lipinski definition) is 1. The number of amides is 1. The van der Waals surface area contributed by atoms with E-state index >= 15 is 0 Å². The molecule has 24 heavy (non-hydrogen) atoms. The Bertz CT molecular complexity index is 874. The third-order valence-corrected chi connectivity index (χ3v) is 3.84. The summed E-state index contributed by atoms with van der Waals surface area (Å²) in [6.45, 7) is 2.44. The van der Waals surface area contributed by atoms with Gasteiger partial charge < -0.3 is 5.32 Å². The fourth-order valence-electron chi connectivity index (χ4n) is 2.32. The monoisotopic (exact) mass is 343 g/mol. The van der Waals surface area contributed by atoms with Crippen LogP contribution in [0.3, 0.4) is 0 Å². The van der Waals surface area contributed by atoms with E-state index in [9.17, 15) is 9.18 Å². The van der Waals surface area contributed by atoms with E-state index < -0.39 is 11.7 Å². The molecule has 4 nitrogen and oxygen atoms in total. The van der Waals surface area contributed by atoms with Crippen LogP contribution in [0.25, 0.3) is 0 Å². The van der Waals surface area contributed by atoms with Gasteiger partial charge in [0, 0.05) is 16.8 Å². The summed E-state index contributed by atoms with van der Waals surface area (Å²) >= 11 is 5.88. The average Bonchev–Trinajstić information content (AvgIpc) is 2.89. The summed E-state index contributed by atoms with van der Waals surface area (Å²) in [7, 11) is 0. The minimum Gasteiger partial charge on any atom is -0.305 e. The van der Waals surface area contributed by atoms with Crippen LogP contribution in [-0.2, 0) is 6.54 Å². The highest BCUT2D eigenvalue weighted by Crippen LogP contribution is 2.15. The number of carbonyl (C=O) groups excluding carboxylic acids is 1. The quantitative estimate of drug-likeness (QED) is 0.768. The molecular formula is C18H15ClFN3O. The van der Waals surface area contributed by atoms with Gasteiger partial charge in [0.1, 0.15) is 5.82 Å². The van der Waals surface area contributed by atoms with Crippen molar-refractivity contribution in [1.29, 1.82) is 0 Å². The molecule has 6 heteroatoms. The van der Waals surface area contributed by atoms with E-state index in [-0.39, 0.29) is 5.56 Å². The molecule has 1 N–H and O–H groups in total. The van der Waals surface area contributed by atoms with Crippen LogP contribution in [0.5, 0.6) is 0 Å². The molecule has 0 aliphatic heterocycles. The molecule has 0 radical (unpaired) electrons. The first-order valence-electron chi connectivity index (χ1n) is 7.38. The standard InChI is InChI=1S/C18H15ClFN3O/c1-12-10-17(21-18(24)15-4-2-3-5-16(15)20)22-23(12)11-13-6-8-14(19)9-7-13/h2-10H,11H2,1H3,(H,21,22,24). The molecule has 2 aromatic carbocycles. The molecule has 0 unspecified atom stereocenters. The predicted octanol–water partition coefficient (Wildman–Crippen LogP) is 4.28. The van der Waals surface area contributed by atoms with Gasteiger partial charge in [0.25, 0.3) is 5.91 Å². The summed E-state index contributed by atoms with van der Waals surface area (Å²) < 4.78 is 15.4. The summed E-state index contributed by atoms with van der Waals surface area (Å²) in [6.07, 6.45) is 0. The number of nitrogens with zero attached hydrogens (tertiary/aromatic N) is 2. The van der Waals surface area contributed by atoms with Crippen molar-refractivity contribution < 1.29 is 9.18 Å². The molecule has 0 atom stereocenters. The van der Waals surface area contributed by atoms with Gasteiger partial charge in [-0.15, -0.1) is 0 Å². The lowest BCUT2D eigenvalue weighted by Crippen LogP contribution is -2.14. The molecule has 122 valence electrons. The second-order valence-electron chi connectivity index (χ2n) is 5.39. The summed E-state index contributed by atoms with van der Waals surface area (Å²) in [4.78, 5) is 12.1. The van der Waals surface area contributed by atoms with Gasteiger partial charge in [-0.25, -0.2) is 4.39 Å². The number of halogens is 2. The van der Waals surface area contributed by atoms with Crippen molar-refractivity contribution in [3.8, 4) is 0 Å². The molecule has 0 spiro atoms. The Balaban J connectivity index is 1.75. The fraction of sp³-hybridized carbons (Fsp3) is 0.111. The largest absolute Gasteiger partial charge is 0.305 e. The molecular weight excluding hydrogens is 329 g/mol. The highest BCUT2D eigenvalue weighted by molar-refractivity contribution is 6.30. The molecule has 1 heterocycles. The van der Waals surface area contributed by atoms with Gasteiger partial charge in [0.2, 0.25) is 0 Å². The van der Waals surface area contributed by atoms with E-state index in [1.165, 1.54) is 18.2 Å². The SMILES string of the molecule is Cc1cc(NC(=O)c2ccccc2F)nn1Cc1ccc(Cl)cc1. The highest BCUT2D eigenvalue weighted by atomic mass is 35.5. The summed E-state index contributed by atoms with van der Waals surface area (Å²) in [5, 5.41) is 7.65. The van der Waals surface area contributed by atoms with Crippen molar-refractivity contribution in [3.63, 3.8) is 0 Å². The van der Waals surface area contributed by atoms with Crippen LogP contribution >= 0.6 is 11.6 Å². The lowest BCUT2D eigenvalue weighted by atomic mass is 10.2. The molecule has 3 aromatic rings. The van der Waals surface area contributed by atoms with Gasteiger partial charge in [-0.1, -0.05) is 35.9 Å². The minimum absolute atomic E-state index is 0.0117. The summed E-state index contributed by atoms with van der Waals surface area (Å²) in [5.41, 5.74) is 1.91. The van der Waals surface area contributed by atoms with E-state index in [1.807, 2.05) is 31.2 Å². The zero-order valence-corrected chi connectivity index (χ0v) is 13.7. The first-order chi connectivity index (χ1) is 11.5. The van der Waals surface area contributed by atoms with Crippen LogP contribution < -0.4 is 5.32 Å². The first kappa shape index (κ1) is 16.2. The van der Waals surface area contributed by atoms with E-state index in [2.05, 4.69) is 10.4 Å². The van der Waals surface area contributed by atoms with Crippen molar-refractivity contribution in [2.24, 2.45) is 0 Å². The maximum absolute atomic E-state index is 13.7. The van der Waals surface area contributed by atoms with Crippen molar-refractivity contribution in [3.05, 3.63) is 82.3 Å². The maximum atomic E-state index is 13.7. The van der Waals surface area contributed by atoms with Crippen LogP contribution in [0.2, 0.25) is 5.02 Å². The topological polar surface area (TPSA) is 46.9 Å². The summed E-state index contributed by atoms with van der Waals surface area (Å²) in [6, 6.07) is 15.0. The average molecular weight is 344 g/mol. The molecule has 1 aromatic heterocycles. The van der Waals surface area contributed by atoms with Crippen LogP contribution in [0, 0.1) is 12.7 Å². The Morgan fingerprint density at radius 3 is 2.62 bits per heavy atom. The lowest BCUT2D eigenvalue weighted by molar-refractivity contribution is 0.102. The zero-order valence-electron chi connectivity index (χ0n) is 13.0. The van der Waals surface area contributed by atoms with E-state index in [1.54, 1.807) is 16.8 Å². The number of rotatable bonds is 4. The summed E-state index contributed by atoms with van der Waals surface area (Å²) in [5.74, 6) is -0.703. The number of aryl methyl sites for hydroxylation is 1. The van der Waals surface area contributed by atoms with Gasteiger partial charge in [0.05, 0.1) is 12.1 Å². The normalized spacial score (nSPS) is 10.6. The van der Waals surface area contributed by atoms with Gasteiger partial charge in [-0.2, -0.15) is 5.10 Å². The van der Waals surface area contributed by atoms with E-state index in [0.29, 0.717) is 17.4 Å². The number of benzene rings is 2. The Hall–Kier alpha value is -2.66. The zero-order chi connectivity index (χ0) is 17.1. The smallest absolute Gasteiger partial charge is 0.259 e. The molecule has 1 amide bonds. The second kappa shape index (κ2) is 6.84. The van der Waals surface area contributed by atoms with Crippen LogP contribution in [0.1, 0.15) is 21.6 Å². The van der Waals surface area contributed by atoms with Gasteiger partial charge >= 0.3 is 0 Å². The van der Waals surface area contributed by atoms with Gasteiger partial charge in [-0.3, -0.25) is 9.48 Å². The molecule has 0 saturated heterocycles. The van der Waals surface area contributed by atoms with Crippen LogP contribution in [-0.4, -0.2) is 15.7 Å². The molecule has 0 bridgehead atoms. The molecule has 0 aliphatic rings. The third-order valence-electron chi connectivity index (χ3n) is 3.59. The van der Waals surface area contributed by atoms with Gasteiger partial charge in [-0.05, 0) is 36.8 Å². The Kier molecular flexibility index (Phi) is 4.62. The number of anilines is 1. The fourth-order valence-corrected chi connectivity index (χ4v) is 2.45. The van der Waals surface area contributed by atoms with E-state index in [4.69, 9.17) is 11.6 Å². The van der Waals surface area contributed by atoms with Crippen LogP contribution in [0.4, 0.5) is 10.2 Å². The molecule has 0 aliphatic carbocycles. The number of aromatic nitrogens is 2. The predicted molar refractivity (Wildman–Crippen MR) is 91.9 cm³/mol. The second-order valence-corrected chi connectivity index (χ2v) is 5.83. The molecule has 0 saturated carbocycles.